The average molecular weight is 419 g/mol. The van der Waals surface area contributed by atoms with Crippen LogP contribution in [-0.2, 0) is 4.74 Å². The third kappa shape index (κ3) is 4.57. The van der Waals surface area contributed by atoms with E-state index in [1.165, 1.54) is 4.68 Å². The molecule has 1 aromatic carbocycles. The molecule has 4 rings (SSSR count). The normalized spacial score (nSPS) is 22.1. The standard InChI is InChI=1S/C21H27ClN4O3/c1-2-28-17-6-7-18(13-17)29-20-19(25-10-8-23-9-11-25)14-24-26(21(20)27)16-5-3-4-15(22)12-16/h3-5,12,14,17-18,23H,2,6-11,13H2,1H3. The average Bonchev–Trinajstić information content (AvgIpc) is 3.17. The lowest BCUT2D eigenvalue weighted by molar-refractivity contribution is 0.0588. The molecule has 1 saturated heterocycles. The van der Waals surface area contributed by atoms with Gasteiger partial charge < -0.3 is 19.7 Å². The molecule has 2 aromatic rings. The van der Waals surface area contributed by atoms with Crippen molar-refractivity contribution in [2.75, 3.05) is 37.7 Å². The van der Waals surface area contributed by atoms with Crippen LogP contribution < -0.4 is 20.5 Å². The summed E-state index contributed by atoms with van der Waals surface area (Å²) in [5.74, 6) is 0.365. The number of piperazine rings is 1. The molecule has 2 atom stereocenters. The third-order valence-corrected chi connectivity index (χ3v) is 5.68. The minimum atomic E-state index is -0.261. The Labute approximate surface area is 175 Å². The maximum absolute atomic E-state index is 13.4. The molecular formula is C21H27ClN4O3. The summed E-state index contributed by atoms with van der Waals surface area (Å²) in [6.45, 7) is 6.05. The van der Waals surface area contributed by atoms with E-state index in [0.29, 0.717) is 23.1 Å². The summed E-state index contributed by atoms with van der Waals surface area (Å²) in [6, 6.07) is 7.12. The first-order valence-electron chi connectivity index (χ1n) is 10.3. The fraction of sp³-hybridized carbons (Fsp3) is 0.524. The molecule has 0 spiro atoms. The van der Waals surface area contributed by atoms with E-state index in [2.05, 4.69) is 15.3 Å². The van der Waals surface area contributed by atoms with Gasteiger partial charge in [-0.05, 0) is 38.0 Å². The number of benzene rings is 1. The van der Waals surface area contributed by atoms with E-state index >= 15 is 0 Å². The Hall–Kier alpha value is -2.09. The number of ether oxygens (including phenoxy) is 2. The van der Waals surface area contributed by atoms with Crippen LogP contribution in [0.25, 0.3) is 5.69 Å². The van der Waals surface area contributed by atoms with Crippen molar-refractivity contribution in [2.45, 2.75) is 38.4 Å². The Morgan fingerprint density at radius 3 is 2.79 bits per heavy atom. The molecule has 0 bridgehead atoms. The van der Waals surface area contributed by atoms with Gasteiger partial charge in [0.1, 0.15) is 11.8 Å². The Morgan fingerprint density at radius 1 is 1.24 bits per heavy atom. The molecule has 0 radical (unpaired) electrons. The fourth-order valence-electron chi connectivity index (χ4n) is 4.02. The third-order valence-electron chi connectivity index (χ3n) is 5.45. The summed E-state index contributed by atoms with van der Waals surface area (Å²) in [7, 11) is 0. The first-order chi connectivity index (χ1) is 14.2. The van der Waals surface area contributed by atoms with Crippen LogP contribution in [0.1, 0.15) is 26.2 Å². The minimum Gasteiger partial charge on any atom is -0.483 e. The Morgan fingerprint density at radius 2 is 2.03 bits per heavy atom. The van der Waals surface area contributed by atoms with Crippen molar-refractivity contribution in [1.82, 2.24) is 15.1 Å². The summed E-state index contributed by atoms with van der Waals surface area (Å²) < 4.78 is 13.4. The van der Waals surface area contributed by atoms with Gasteiger partial charge in [-0.25, -0.2) is 0 Å². The largest absolute Gasteiger partial charge is 0.483 e. The lowest BCUT2D eigenvalue weighted by Gasteiger charge is -2.31. The van der Waals surface area contributed by atoms with Crippen LogP contribution in [0.4, 0.5) is 5.69 Å². The molecule has 0 amide bonds. The van der Waals surface area contributed by atoms with Crippen LogP contribution in [-0.4, -0.2) is 54.8 Å². The summed E-state index contributed by atoms with van der Waals surface area (Å²) in [6.07, 6.45) is 4.53. The topological polar surface area (TPSA) is 68.6 Å². The van der Waals surface area contributed by atoms with Gasteiger partial charge in [0.15, 0.2) is 0 Å². The predicted octanol–water partition coefficient (Wildman–Crippen LogP) is 2.63. The monoisotopic (exact) mass is 418 g/mol. The molecule has 8 heteroatoms. The Balaban J connectivity index is 1.68. The zero-order chi connectivity index (χ0) is 20.2. The quantitative estimate of drug-likeness (QED) is 0.777. The first kappa shape index (κ1) is 20.2. The van der Waals surface area contributed by atoms with Crippen LogP contribution in [0, 0.1) is 0 Å². The van der Waals surface area contributed by atoms with Gasteiger partial charge in [-0.2, -0.15) is 9.78 Å². The van der Waals surface area contributed by atoms with E-state index in [9.17, 15) is 4.79 Å². The second kappa shape index (κ2) is 9.15. The highest BCUT2D eigenvalue weighted by Gasteiger charge is 2.29. The van der Waals surface area contributed by atoms with Crippen LogP contribution in [0.15, 0.2) is 35.3 Å². The van der Waals surface area contributed by atoms with E-state index < -0.39 is 0 Å². The van der Waals surface area contributed by atoms with Crippen molar-refractivity contribution in [1.29, 1.82) is 0 Å². The van der Waals surface area contributed by atoms with Crippen molar-refractivity contribution >= 4 is 17.3 Å². The van der Waals surface area contributed by atoms with Crippen molar-refractivity contribution in [3.05, 3.63) is 45.8 Å². The molecule has 1 saturated carbocycles. The SMILES string of the molecule is CCOC1CCC(Oc2c(N3CCNCC3)cnn(-c3cccc(Cl)c3)c2=O)C1. The van der Waals surface area contributed by atoms with Gasteiger partial charge in [-0.1, -0.05) is 17.7 Å². The molecule has 2 aliphatic rings. The van der Waals surface area contributed by atoms with E-state index in [4.69, 9.17) is 21.1 Å². The smallest absolute Gasteiger partial charge is 0.316 e. The molecule has 1 N–H and O–H groups in total. The molecule has 7 nitrogen and oxygen atoms in total. The van der Waals surface area contributed by atoms with Crippen LogP contribution >= 0.6 is 11.6 Å². The predicted molar refractivity (Wildman–Crippen MR) is 114 cm³/mol. The lowest BCUT2D eigenvalue weighted by Crippen LogP contribution is -2.44. The van der Waals surface area contributed by atoms with Gasteiger partial charge in [0, 0.05) is 44.2 Å². The van der Waals surface area contributed by atoms with Crippen molar-refractivity contribution in [3.8, 4) is 11.4 Å². The number of hydrogen-bond acceptors (Lipinski definition) is 6. The van der Waals surface area contributed by atoms with Gasteiger partial charge in [-0.3, -0.25) is 4.79 Å². The number of nitrogens with zero attached hydrogens (tertiary/aromatic N) is 3. The van der Waals surface area contributed by atoms with E-state index in [0.717, 1.165) is 51.1 Å². The lowest BCUT2D eigenvalue weighted by atomic mass is 10.2. The van der Waals surface area contributed by atoms with Crippen LogP contribution in [0.2, 0.25) is 5.02 Å². The zero-order valence-corrected chi connectivity index (χ0v) is 17.4. The number of aromatic nitrogens is 2. The van der Waals surface area contributed by atoms with Gasteiger partial charge in [0.2, 0.25) is 5.75 Å². The molecule has 2 unspecified atom stereocenters. The van der Waals surface area contributed by atoms with Crippen LogP contribution in [0.3, 0.4) is 0 Å². The first-order valence-corrected chi connectivity index (χ1v) is 10.7. The van der Waals surface area contributed by atoms with E-state index in [1.54, 1.807) is 24.4 Å². The number of anilines is 1. The van der Waals surface area contributed by atoms with Gasteiger partial charge in [-0.15, -0.1) is 0 Å². The van der Waals surface area contributed by atoms with Crippen LogP contribution in [0.5, 0.6) is 5.75 Å². The Kier molecular flexibility index (Phi) is 6.37. The van der Waals surface area contributed by atoms with E-state index in [-0.39, 0.29) is 17.8 Å². The molecule has 2 heterocycles. The van der Waals surface area contributed by atoms with Crippen molar-refractivity contribution < 1.29 is 9.47 Å². The molecular weight excluding hydrogens is 392 g/mol. The maximum atomic E-state index is 13.4. The molecule has 1 aliphatic heterocycles. The molecule has 29 heavy (non-hydrogen) atoms. The summed E-state index contributed by atoms with van der Waals surface area (Å²) in [5, 5.41) is 8.32. The molecule has 1 aliphatic carbocycles. The van der Waals surface area contributed by atoms with E-state index in [1.807, 2.05) is 13.0 Å². The highest BCUT2D eigenvalue weighted by Crippen LogP contribution is 2.31. The van der Waals surface area contributed by atoms with Gasteiger partial charge >= 0.3 is 5.56 Å². The van der Waals surface area contributed by atoms with Crippen molar-refractivity contribution in [2.24, 2.45) is 0 Å². The number of hydrogen-bond donors (Lipinski definition) is 1. The highest BCUT2D eigenvalue weighted by molar-refractivity contribution is 6.30. The van der Waals surface area contributed by atoms with Crippen molar-refractivity contribution in [3.63, 3.8) is 0 Å². The summed E-state index contributed by atoms with van der Waals surface area (Å²) in [5.41, 5.74) is 1.12. The van der Waals surface area contributed by atoms with Gasteiger partial charge in [0.05, 0.1) is 18.0 Å². The zero-order valence-electron chi connectivity index (χ0n) is 16.6. The fourth-order valence-corrected chi connectivity index (χ4v) is 4.21. The highest BCUT2D eigenvalue weighted by atomic mass is 35.5. The number of rotatable bonds is 6. The number of nitrogens with one attached hydrogen (secondary N) is 1. The second-order valence-corrected chi connectivity index (χ2v) is 7.86. The second-order valence-electron chi connectivity index (χ2n) is 7.42. The number of halogens is 1. The Bertz CT molecular complexity index is 898. The molecule has 2 fully saturated rings. The summed E-state index contributed by atoms with van der Waals surface area (Å²) in [4.78, 5) is 15.6. The molecule has 1 aromatic heterocycles. The summed E-state index contributed by atoms with van der Waals surface area (Å²) >= 11 is 6.12. The minimum absolute atomic E-state index is 0.0314. The maximum Gasteiger partial charge on any atom is 0.316 e. The van der Waals surface area contributed by atoms with Gasteiger partial charge in [0.25, 0.3) is 0 Å². The molecule has 156 valence electrons.